The van der Waals surface area contributed by atoms with Crippen LogP contribution in [0.2, 0.25) is 0 Å². The first-order chi connectivity index (χ1) is 9.52. The third-order valence-corrected chi connectivity index (χ3v) is 2.58. The Balaban J connectivity index is 0.000000444. The second-order valence-electron chi connectivity index (χ2n) is 3.95. The molecule has 2 unspecified atom stereocenters. The van der Waals surface area contributed by atoms with Gasteiger partial charge in [-0.05, 0) is 11.1 Å². The van der Waals surface area contributed by atoms with Crippen molar-refractivity contribution in [3.63, 3.8) is 0 Å². The van der Waals surface area contributed by atoms with Crippen LogP contribution < -0.4 is 0 Å². The van der Waals surface area contributed by atoms with Gasteiger partial charge >= 0.3 is 0 Å². The average Bonchev–Trinajstić information content (AvgIpc) is 2.47. The highest BCUT2D eigenvalue weighted by Crippen LogP contribution is 2.27. The number of aliphatic hydroxyl groups is 2. The highest BCUT2D eigenvalue weighted by molar-refractivity contribution is 5.24. The van der Waals surface area contributed by atoms with Gasteiger partial charge in [-0.25, -0.2) is 0 Å². The van der Waals surface area contributed by atoms with E-state index in [4.69, 9.17) is 15.3 Å². The molecular weight excluding hydrogens is 262 g/mol. The van der Waals surface area contributed by atoms with E-state index in [0.717, 1.165) is 11.1 Å². The maximum atomic E-state index is 9.99. The van der Waals surface area contributed by atoms with Crippen molar-refractivity contribution in [3.05, 3.63) is 81.9 Å². The van der Waals surface area contributed by atoms with Gasteiger partial charge in [0.2, 0.25) is 0 Å². The fourth-order valence-corrected chi connectivity index (χ4v) is 1.67. The van der Waals surface area contributed by atoms with Crippen molar-refractivity contribution in [1.29, 1.82) is 0 Å². The van der Waals surface area contributed by atoms with Crippen LogP contribution in [0.15, 0.2) is 60.7 Å². The van der Waals surface area contributed by atoms with Crippen molar-refractivity contribution in [2.45, 2.75) is 12.2 Å². The van der Waals surface area contributed by atoms with E-state index in [0.29, 0.717) is 0 Å². The molecule has 0 bridgehead atoms. The lowest BCUT2D eigenvalue weighted by atomic mass is 9.99. The topological polar surface area (TPSA) is 104 Å². The van der Waals surface area contributed by atoms with Gasteiger partial charge in [-0.2, -0.15) is 0 Å². The van der Waals surface area contributed by atoms with Crippen molar-refractivity contribution < 1.29 is 20.5 Å². The molecule has 0 fully saturated rings. The Kier molecular flexibility index (Phi) is 6.15. The van der Waals surface area contributed by atoms with E-state index in [1.807, 2.05) is 36.4 Å². The molecule has 2 aromatic carbocycles. The molecule has 20 heavy (non-hydrogen) atoms. The summed E-state index contributed by atoms with van der Waals surface area (Å²) in [7, 11) is 0. The lowest BCUT2D eigenvalue weighted by Crippen LogP contribution is -2.09. The third-order valence-electron chi connectivity index (χ3n) is 2.58. The summed E-state index contributed by atoms with van der Waals surface area (Å²) in [4.78, 5) is 8.36. The lowest BCUT2D eigenvalue weighted by molar-refractivity contribution is -0.742. The summed E-state index contributed by atoms with van der Waals surface area (Å²) in [5.74, 6) is 0. The zero-order chi connectivity index (χ0) is 15.0. The second kappa shape index (κ2) is 7.88. The molecule has 2 aromatic rings. The Morgan fingerprint density at radius 3 is 1.30 bits per heavy atom. The minimum absolute atomic E-state index is 0.721. The highest BCUT2D eigenvalue weighted by atomic mass is 16.9. The first-order valence-electron chi connectivity index (χ1n) is 5.81. The van der Waals surface area contributed by atoms with Gasteiger partial charge in [0.15, 0.2) is 0 Å². The molecule has 6 heteroatoms. The molecule has 2 atom stereocenters. The fourth-order valence-electron chi connectivity index (χ4n) is 1.67. The predicted molar refractivity (Wildman–Crippen MR) is 71.6 cm³/mol. The van der Waals surface area contributed by atoms with Crippen molar-refractivity contribution >= 4 is 0 Å². The van der Waals surface area contributed by atoms with Gasteiger partial charge in [0.1, 0.15) is 12.2 Å². The smallest absolute Gasteiger partial charge is 0.291 e. The van der Waals surface area contributed by atoms with Gasteiger partial charge in [-0.15, -0.1) is 10.1 Å². The first kappa shape index (κ1) is 15.6. The van der Waals surface area contributed by atoms with E-state index in [-0.39, 0.29) is 0 Å². The van der Waals surface area contributed by atoms with Crippen molar-refractivity contribution in [1.82, 2.24) is 0 Å². The molecule has 0 aliphatic carbocycles. The van der Waals surface area contributed by atoms with Crippen LogP contribution in [-0.4, -0.2) is 20.5 Å². The molecule has 3 N–H and O–H groups in total. The van der Waals surface area contributed by atoms with E-state index >= 15 is 0 Å². The van der Waals surface area contributed by atoms with Gasteiger partial charge in [-0.3, -0.25) is 0 Å². The molecule has 0 aromatic heterocycles. The number of aliphatic hydroxyl groups excluding tert-OH is 2. The average molecular weight is 277 g/mol. The summed E-state index contributed by atoms with van der Waals surface area (Å²) in [6, 6.07) is 18.3. The molecular formula is C14H15NO5. The Hall–Kier alpha value is -2.44. The first-order valence-corrected chi connectivity index (χ1v) is 5.81. The van der Waals surface area contributed by atoms with Crippen LogP contribution in [0.1, 0.15) is 23.3 Å². The third kappa shape index (κ3) is 5.05. The van der Waals surface area contributed by atoms with Crippen LogP contribution in [0.25, 0.3) is 0 Å². The molecule has 0 radical (unpaired) electrons. The van der Waals surface area contributed by atoms with Crippen LogP contribution in [0, 0.1) is 10.1 Å². The lowest BCUT2D eigenvalue weighted by Gasteiger charge is -2.18. The number of hydrogen-bond donors (Lipinski definition) is 3. The van der Waals surface area contributed by atoms with E-state index in [9.17, 15) is 10.2 Å². The second-order valence-corrected chi connectivity index (χ2v) is 3.95. The molecule has 0 saturated carbocycles. The Bertz CT molecular complexity index is 470. The molecule has 0 saturated heterocycles. The fraction of sp³-hybridized carbons (Fsp3) is 0.143. The van der Waals surface area contributed by atoms with Crippen molar-refractivity contribution in [3.8, 4) is 0 Å². The van der Waals surface area contributed by atoms with Crippen molar-refractivity contribution in [2.75, 3.05) is 0 Å². The van der Waals surface area contributed by atoms with E-state index in [1.165, 1.54) is 0 Å². The molecule has 6 nitrogen and oxygen atoms in total. The van der Waals surface area contributed by atoms with Gasteiger partial charge < -0.3 is 15.4 Å². The summed E-state index contributed by atoms with van der Waals surface area (Å²) >= 11 is 0. The Morgan fingerprint density at radius 1 is 0.800 bits per heavy atom. The van der Waals surface area contributed by atoms with E-state index in [2.05, 4.69) is 0 Å². The highest BCUT2D eigenvalue weighted by Gasteiger charge is 2.19. The minimum Gasteiger partial charge on any atom is -0.385 e. The molecule has 0 heterocycles. The zero-order valence-corrected chi connectivity index (χ0v) is 10.5. The molecule has 0 spiro atoms. The van der Waals surface area contributed by atoms with Crippen LogP contribution in [0.4, 0.5) is 0 Å². The van der Waals surface area contributed by atoms with Gasteiger partial charge in [0, 0.05) is 0 Å². The molecule has 0 aliphatic rings. The van der Waals surface area contributed by atoms with Gasteiger partial charge in [0.05, 0.1) is 0 Å². The summed E-state index contributed by atoms with van der Waals surface area (Å²) < 4.78 is 0. The monoisotopic (exact) mass is 277 g/mol. The largest absolute Gasteiger partial charge is 0.385 e. The maximum Gasteiger partial charge on any atom is 0.291 e. The summed E-state index contributed by atoms with van der Waals surface area (Å²) in [5, 5.41) is 33.6. The number of rotatable bonds is 3. The Morgan fingerprint density at radius 2 is 1.05 bits per heavy atom. The zero-order valence-electron chi connectivity index (χ0n) is 10.5. The Labute approximate surface area is 115 Å². The minimum atomic E-state index is -1.50. The summed E-state index contributed by atoms with van der Waals surface area (Å²) in [5.41, 5.74) is 1.44. The number of nitrogens with zero attached hydrogens (tertiary/aromatic N) is 1. The van der Waals surface area contributed by atoms with Crippen molar-refractivity contribution in [2.24, 2.45) is 0 Å². The van der Waals surface area contributed by atoms with Crippen LogP contribution >= 0.6 is 0 Å². The normalized spacial score (nSPS) is 12.7. The predicted octanol–water partition coefficient (Wildman–Crippen LogP) is 2.11. The number of benzene rings is 2. The molecule has 2 rings (SSSR count). The van der Waals surface area contributed by atoms with Crippen LogP contribution in [0.3, 0.4) is 0 Å². The molecule has 106 valence electrons. The van der Waals surface area contributed by atoms with E-state index in [1.54, 1.807) is 24.3 Å². The summed E-state index contributed by atoms with van der Waals surface area (Å²) in [6.07, 6.45) is -1.77. The van der Waals surface area contributed by atoms with Crippen LogP contribution in [-0.2, 0) is 0 Å². The van der Waals surface area contributed by atoms with E-state index < -0.39 is 17.3 Å². The summed E-state index contributed by atoms with van der Waals surface area (Å²) in [6.45, 7) is 0. The van der Waals surface area contributed by atoms with Gasteiger partial charge in [0.25, 0.3) is 5.09 Å². The van der Waals surface area contributed by atoms with Gasteiger partial charge in [-0.1, -0.05) is 60.7 Å². The quantitative estimate of drug-likeness (QED) is 0.588. The molecule has 0 aliphatic heterocycles. The maximum absolute atomic E-state index is 9.99. The molecule has 0 amide bonds. The van der Waals surface area contributed by atoms with Crippen LogP contribution in [0.5, 0.6) is 0 Å². The standard InChI is InChI=1S/C14H14O2.HNO3/c15-13(11-7-3-1-4-8-11)14(16)12-9-5-2-6-10-12;2-1(3)4/h1-10,13-16H;(H,2,3,4). The number of hydrogen-bond acceptors (Lipinski definition) is 4. The SMILES string of the molecule is O=[N+]([O-])O.OC(c1ccccc1)C(O)c1ccccc1.